The Labute approximate surface area is 135 Å². The van der Waals surface area contributed by atoms with Gasteiger partial charge in [-0.15, -0.1) is 5.10 Å². The van der Waals surface area contributed by atoms with Gasteiger partial charge in [-0.1, -0.05) is 6.07 Å². The largest absolute Gasteiger partial charge is 0.377 e. The van der Waals surface area contributed by atoms with Gasteiger partial charge >= 0.3 is 0 Å². The zero-order valence-corrected chi connectivity index (χ0v) is 12.7. The molecule has 0 amide bonds. The molecule has 3 heterocycles. The summed E-state index contributed by atoms with van der Waals surface area (Å²) in [4.78, 5) is 21.1. The first-order valence-corrected chi connectivity index (χ1v) is 7.18. The summed E-state index contributed by atoms with van der Waals surface area (Å²) in [6.45, 7) is 0.255. The van der Waals surface area contributed by atoms with Crippen molar-refractivity contribution in [3.05, 3.63) is 64.7 Å². The van der Waals surface area contributed by atoms with Gasteiger partial charge in [-0.25, -0.2) is 9.37 Å². The van der Waals surface area contributed by atoms with Crippen molar-refractivity contribution >= 4 is 16.7 Å². The summed E-state index contributed by atoms with van der Waals surface area (Å²) in [5, 5.41) is 4.66. The first-order valence-electron chi connectivity index (χ1n) is 7.18. The van der Waals surface area contributed by atoms with Gasteiger partial charge in [-0.3, -0.25) is 9.36 Å². The van der Waals surface area contributed by atoms with Crippen LogP contribution in [0.25, 0.3) is 22.4 Å². The Balaban J connectivity index is 1.96. The second kappa shape index (κ2) is 5.50. The van der Waals surface area contributed by atoms with Gasteiger partial charge < -0.3 is 4.74 Å². The van der Waals surface area contributed by atoms with Crippen LogP contribution in [0.2, 0.25) is 0 Å². The van der Waals surface area contributed by atoms with E-state index in [1.54, 1.807) is 31.5 Å². The molecule has 0 fully saturated rings. The van der Waals surface area contributed by atoms with Crippen LogP contribution in [-0.2, 0) is 11.3 Å². The molecular weight excluding hydrogens is 313 g/mol. The number of hydrogen-bond acceptors (Lipinski definition) is 5. The highest BCUT2D eigenvalue weighted by Gasteiger charge is 2.12. The summed E-state index contributed by atoms with van der Waals surface area (Å²) >= 11 is 0. The first-order chi connectivity index (χ1) is 11.7. The van der Waals surface area contributed by atoms with Crippen LogP contribution in [0.3, 0.4) is 0 Å². The van der Waals surface area contributed by atoms with E-state index >= 15 is 0 Å². The van der Waals surface area contributed by atoms with Crippen molar-refractivity contribution in [3.8, 4) is 5.69 Å². The molecule has 0 aliphatic rings. The Kier molecular flexibility index (Phi) is 3.31. The SMILES string of the molecule is COCc1nc2ncc3c(=O)n(-c4cccc(F)c4)ccc3n2n1. The smallest absolute Gasteiger partial charge is 0.266 e. The van der Waals surface area contributed by atoms with Crippen molar-refractivity contribution in [2.24, 2.45) is 0 Å². The molecule has 120 valence electrons. The number of pyridine rings is 1. The van der Waals surface area contributed by atoms with E-state index in [0.29, 0.717) is 28.2 Å². The topological polar surface area (TPSA) is 74.3 Å². The van der Waals surface area contributed by atoms with Gasteiger partial charge in [0, 0.05) is 19.5 Å². The molecule has 4 rings (SSSR count). The van der Waals surface area contributed by atoms with Crippen LogP contribution in [0.15, 0.2) is 47.5 Å². The molecule has 0 N–H and O–H groups in total. The molecule has 8 heteroatoms. The molecule has 0 saturated heterocycles. The Morgan fingerprint density at radius 3 is 2.96 bits per heavy atom. The molecule has 0 spiro atoms. The van der Waals surface area contributed by atoms with Crippen molar-refractivity contribution in [1.82, 2.24) is 24.1 Å². The van der Waals surface area contributed by atoms with E-state index in [2.05, 4.69) is 15.1 Å². The number of benzene rings is 1. The minimum atomic E-state index is -0.409. The van der Waals surface area contributed by atoms with Gasteiger partial charge in [-0.2, -0.15) is 9.50 Å². The number of hydrogen-bond donors (Lipinski definition) is 0. The highest BCUT2D eigenvalue weighted by atomic mass is 19.1. The normalized spacial score (nSPS) is 11.4. The number of ether oxygens (including phenoxy) is 1. The Bertz CT molecular complexity index is 1120. The fraction of sp³-hybridized carbons (Fsp3) is 0.125. The summed E-state index contributed by atoms with van der Waals surface area (Å²) in [5.74, 6) is 0.456. The van der Waals surface area contributed by atoms with Crippen LogP contribution >= 0.6 is 0 Å². The highest BCUT2D eigenvalue weighted by Crippen LogP contribution is 2.13. The average Bonchev–Trinajstić information content (AvgIpc) is 2.98. The molecule has 0 aliphatic carbocycles. The lowest BCUT2D eigenvalue weighted by atomic mass is 10.2. The summed E-state index contributed by atoms with van der Waals surface area (Å²) in [5.41, 5.74) is 0.712. The van der Waals surface area contributed by atoms with Crippen molar-refractivity contribution in [2.75, 3.05) is 7.11 Å². The quantitative estimate of drug-likeness (QED) is 0.573. The molecule has 7 nitrogen and oxygen atoms in total. The van der Waals surface area contributed by atoms with Gasteiger partial charge in [0.05, 0.1) is 16.6 Å². The molecule has 0 atom stereocenters. The molecule has 3 aromatic heterocycles. The molecule has 0 bridgehead atoms. The van der Waals surface area contributed by atoms with Crippen molar-refractivity contribution in [2.45, 2.75) is 6.61 Å². The van der Waals surface area contributed by atoms with E-state index < -0.39 is 5.82 Å². The van der Waals surface area contributed by atoms with Gasteiger partial charge in [0.25, 0.3) is 11.3 Å². The lowest BCUT2D eigenvalue weighted by molar-refractivity contribution is 0.178. The van der Waals surface area contributed by atoms with Crippen LogP contribution in [0.5, 0.6) is 0 Å². The number of methoxy groups -OCH3 is 1. The third kappa shape index (κ3) is 2.24. The Hall–Kier alpha value is -3.13. The Morgan fingerprint density at radius 1 is 1.29 bits per heavy atom. The van der Waals surface area contributed by atoms with E-state index in [4.69, 9.17) is 4.74 Å². The zero-order chi connectivity index (χ0) is 16.7. The summed E-state index contributed by atoms with van der Waals surface area (Å²) in [6, 6.07) is 7.56. The third-order valence-corrected chi connectivity index (χ3v) is 3.64. The fourth-order valence-electron chi connectivity index (χ4n) is 2.58. The van der Waals surface area contributed by atoms with Crippen molar-refractivity contribution < 1.29 is 9.13 Å². The summed E-state index contributed by atoms with van der Waals surface area (Å²) in [6.07, 6.45) is 3.03. The number of nitrogens with zero attached hydrogens (tertiary/aromatic N) is 5. The van der Waals surface area contributed by atoms with Gasteiger partial charge in [-0.05, 0) is 24.3 Å². The van der Waals surface area contributed by atoms with Crippen molar-refractivity contribution in [1.29, 1.82) is 0 Å². The molecule has 4 aromatic rings. The minimum Gasteiger partial charge on any atom is -0.377 e. The second-order valence-corrected chi connectivity index (χ2v) is 5.20. The van der Waals surface area contributed by atoms with Gasteiger partial charge in [0.2, 0.25) is 0 Å². The van der Waals surface area contributed by atoms with E-state index in [9.17, 15) is 9.18 Å². The standard InChI is InChI=1S/C16H12FN5O2/c1-24-9-14-19-16-18-8-12-13(22(16)20-14)5-6-21(15(12)23)11-4-2-3-10(17)7-11/h2-8H,9H2,1H3. The maximum absolute atomic E-state index is 13.4. The maximum Gasteiger partial charge on any atom is 0.266 e. The molecule has 0 unspecified atom stereocenters. The lowest BCUT2D eigenvalue weighted by Crippen LogP contribution is -2.19. The maximum atomic E-state index is 13.4. The molecule has 0 radical (unpaired) electrons. The molecule has 24 heavy (non-hydrogen) atoms. The predicted octanol–water partition coefficient (Wildman–Crippen LogP) is 1.71. The lowest BCUT2D eigenvalue weighted by Gasteiger charge is -2.07. The van der Waals surface area contributed by atoms with E-state index in [1.807, 2.05) is 0 Å². The van der Waals surface area contributed by atoms with Crippen LogP contribution in [0, 0.1) is 5.82 Å². The van der Waals surface area contributed by atoms with Gasteiger partial charge in [0.15, 0.2) is 5.82 Å². The van der Waals surface area contributed by atoms with Crippen LogP contribution in [0.4, 0.5) is 4.39 Å². The average molecular weight is 325 g/mol. The number of rotatable bonds is 3. The van der Waals surface area contributed by atoms with Crippen molar-refractivity contribution in [3.63, 3.8) is 0 Å². The van der Waals surface area contributed by atoms with E-state index in [-0.39, 0.29) is 12.2 Å². The fourth-order valence-corrected chi connectivity index (χ4v) is 2.58. The molecular formula is C16H12FN5O2. The second-order valence-electron chi connectivity index (χ2n) is 5.20. The van der Waals surface area contributed by atoms with Gasteiger partial charge in [0.1, 0.15) is 12.4 Å². The highest BCUT2D eigenvalue weighted by molar-refractivity contribution is 5.78. The zero-order valence-electron chi connectivity index (χ0n) is 12.7. The predicted molar refractivity (Wildman–Crippen MR) is 84.6 cm³/mol. The number of aromatic nitrogens is 5. The van der Waals surface area contributed by atoms with E-state index in [1.165, 1.54) is 27.4 Å². The number of halogens is 1. The first kappa shape index (κ1) is 14.5. The van der Waals surface area contributed by atoms with Crippen LogP contribution in [-0.4, -0.2) is 31.3 Å². The summed E-state index contributed by atoms with van der Waals surface area (Å²) in [7, 11) is 1.55. The minimum absolute atomic E-state index is 0.255. The Morgan fingerprint density at radius 2 is 2.17 bits per heavy atom. The van der Waals surface area contributed by atoms with E-state index in [0.717, 1.165) is 0 Å². The monoisotopic (exact) mass is 325 g/mol. The third-order valence-electron chi connectivity index (χ3n) is 3.64. The number of fused-ring (bicyclic) bond motifs is 3. The molecule has 0 aliphatic heterocycles. The van der Waals surface area contributed by atoms with Crippen LogP contribution < -0.4 is 5.56 Å². The molecule has 1 aromatic carbocycles. The van der Waals surface area contributed by atoms with Crippen LogP contribution in [0.1, 0.15) is 5.82 Å². The summed E-state index contributed by atoms with van der Waals surface area (Å²) < 4.78 is 21.3. The molecule has 0 saturated carbocycles.